The molecule has 1 amide bonds. The summed E-state index contributed by atoms with van der Waals surface area (Å²) in [4.78, 5) is 34.3. The van der Waals surface area contributed by atoms with Gasteiger partial charge in [-0.2, -0.15) is 0 Å². The van der Waals surface area contributed by atoms with Crippen LogP contribution in [-0.2, 0) is 9.59 Å². The Kier molecular flexibility index (Phi) is 6.90. The Balaban J connectivity index is 2.07. The van der Waals surface area contributed by atoms with Gasteiger partial charge in [0.2, 0.25) is 0 Å². The molecule has 7 nitrogen and oxygen atoms in total. The minimum atomic E-state index is -1.32. The van der Waals surface area contributed by atoms with E-state index in [4.69, 9.17) is 44.3 Å². The van der Waals surface area contributed by atoms with Crippen molar-refractivity contribution in [3.05, 3.63) is 51.0 Å². The molecular formula is C17H12Cl3NO6. The quantitative estimate of drug-likeness (QED) is 0.401. The van der Waals surface area contributed by atoms with E-state index in [1.165, 1.54) is 24.3 Å². The summed E-state index contributed by atoms with van der Waals surface area (Å²) in [6.45, 7) is 0.735. The van der Waals surface area contributed by atoms with E-state index in [1.807, 2.05) is 0 Å². The number of halogens is 3. The van der Waals surface area contributed by atoms with Crippen molar-refractivity contribution in [1.82, 2.24) is 0 Å². The van der Waals surface area contributed by atoms with Gasteiger partial charge in [0.1, 0.15) is 17.1 Å². The fourth-order valence-electron chi connectivity index (χ4n) is 1.97. The van der Waals surface area contributed by atoms with Crippen LogP contribution in [-0.4, -0.2) is 29.6 Å². The Hall–Kier alpha value is -2.48. The monoisotopic (exact) mass is 431 g/mol. The van der Waals surface area contributed by atoms with Crippen LogP contribution in [0.1, 0.15) is 17.3 Å². The third-order valence-electron chi connectivity index (χ3n) is 3.08. The first kappa shape index (κ1) is 20.8. The summed E-state index contributed by atoms with van der Waals surface area (Å²) in [6.07, 6.45) is 0. The predicted molar refractivity (Wildman–Crippen MR) is 100 cm³/mol. The zero-order valence-electron chi connectivity index (χ0n) is 13.7. The topological polar surface area (TPSA) is 102 Å². The molecular weight excluding hydrogens is 421 g/mol. The van der Waals surface area contributed by atoms with Crippen LogP contribution in [0.3, 0.4) is 0 Å². The number of carboxylic acids is 1. The molecule has 0 aromatic heterocycles. The molecule has 0 aliphatic carbocycles. The van der Waals surface area contributed by atoms with E-state index in [1.54, 1.807) is 0 Å². The molecule has 0 saturated heterocycles. The maximum absolute atomic E-state index is 12.0. The van der Waals surface area contributed by atoms with Crippen LogP contribution in [0.25, 0.3) is 0 Å². The van der Waals surface area contributed by atoms with Gasteiger partial charge in [0.25, 0.3) is 5.91 Å². The predicted octanol–water partition coefficient (Wildman–Crippen LogP) is 4.29. The second-order valence-electron chi connectivity index (χ2n) is 5.14. The van der Waals surface area contributed by atoms with Gasteiger partial charge in [0, 0.05) is 18.7 Å². The largest absolute Gasteiger partial charge is 0.482 e. The van der Waals surface area contributed by atoms with Gasteiger partial charge < -0.3 is 19.9 Å². The van der Waals surface area contributed by atoms with Crippen molar-refractivity contribution in [2.75, 3.05) is 11.9 Å². The molecule has 2 aromatic rings. The Morgan fingerprint density at radius 2 is 1.67 bits per heavy atom. The van der Waals surface area contributed by atoms with E-state index < -0.39 is 24.5 Å². The third kappa shape index (κ3) is 5.75. The second kappa shape index (κ2) is 8.94. The average Bonchev–Trinajstić information content (AvgIpc) is 2.57. The molecule has 0 saturated carbocycles. The zero-order chi connectivity index (χ0) is 20.1. The van der Waals surface area contributed by atoms with E-state index in [2.05, 4.69) is 5.32 Å². The first-order chi connectivity index (χ1) is 12.7. The Morgan fingerprint density at radius 3 is 2.30 bits per heavy atom. The number of carboxylic acid groups (broad SMARTS) is 1. The molecule has 0 bridgehead atoms. The lowest BCUT2D eigenvalue weighted by molar-refractivity contribution is -0.131. The smallest absolute Gasteiger partial charge is 0.339 e. The van der Waals surface area contributed by atoms with Crippen LogP contribution in [0.4, 0.5) is 5.69 Å². The van der Waals surface area contributed by atoms with Crippen LogP contribution >= 0.6 is 34.8 Å². The normalized spacial score (nSPS) is 10.2. The molecule has 0 aliphatic rings. The Morgan fingerprint density at radius 1 is 1.00 bits per heavy atom. The number of carbonyl (C=O) groups is 3. The second-order valence-corrected chi connectivity index (χ2v) is 6.36. The van der Waals surface area contributed by atoms with Gasteiger partial charge in [-0.05, 0) is 24.3 Å². The molecule has 142 valence electrons. The molecule has 0 atom stereocenters. The number of nitrogens with one attached hydrogen (secondary N) is 1. The van der Waals surface area contributed by atoms with E-state index in [-0.39, 0.29) is 37.8 Å². The molecule has 0 fully saturated rings. The van der Waals surface area contributed by atoms with Gasteiger partial charge in [-0.25, -0.2) is 4.79 Å². The summed E-state index contributed by atoms with van der Waals surface area (Å²) in [7, 11) is 0. The van der Waals surface area contributed by atoms with Crippen LogP contribution in [0, 0.1) is 0 Å². The first-order valence-electron chi connectivity index (χ1n) is 7.30. The van der Waals surface area contributed by atoms with Crippen molar-refractivity contribution in [2.24, 2.45) is 0 Å². The summed E-state index contributed by atoms with van der Waals surface area (Å²) < 4.78 is 10.1. The molecule has 2 rings (SSSR count). The van der Waals surface area contributed by atoms with Crippen molar-refractivity contribution in [3.63, 3.8) is 0 Å². The molecule has 0 spiro atoms. The SMILES string of the molecule is CC(=O)Oc1ccc(NC(=O)COc2cc(Cl)c(Cl)cc2Cl)cc1C(=O)O. The number of carbonyl (C=O) groups excluding carboxylic acids is 2. The highest BCUT2D eigenvalue weighted by atomic mass is 35.5. The lowest BCUT2D eigenvalue weighted by Gasteiger charge is -2.11. The van der Waals surface area contributed by atoms with Crippen LogP contribution in [0.5, 0.6) is 11.5 Å². The van der Waals surface area contributed by atoms with Crippen molar-refractivity contribution in [3.8, 4) is 11.5 Å². The van der Waals surface area contributed by atoms with E-state index in [0.29, 0.717) is 0 Å². The van der Waals surface area contributed by atoms with Gasteiger partial charge in [-0.1, -0.05) is 34.8 Å². The van der Waals surface area contributed by atoms with Gasteiger partial charge in [-0.15, -0.1) is 0 Å². The van der Waals surface area contributed by atoms with Crippen LogP contribution < -0.4 is 14.8 Å². The zero-order valence-corrected chi connectivity index (χ0v) is 16.0. The number of aromatic carboxylic acids is 1. The molecule has 0 aliphatic heterocycles. The standard InChI is InChI=1S/C17H12Cl3NO6/c1-8(22)27-14-3-2-9(4-10(14)17(24)25)21-16(23)7-26-15-6-12(19)11(18)5-13(15)20/h2-6H,7H2,1H3,(H,21,23)(H,24,25). The fraction of sp³-hybridized carbons (Fsp3) is 0.118. The van der Waals surface area contributed by atoms with E-state index in [9.17, 15) is 19.5 Å². The Labute approximate surface area is 168 Å². The van der Waals surface area contributed by atoms with Crippen molar-refractivity contribution in [1.29, 1.82) is 0 Å². The molecule has 2 N–H and O–H groups in total. The van der Waals surface area contributed by atoms with E-state index >= 15 is 0 Å². The summed E-state index contributed by atoms with van der Waals surface area (Å²) in [6, 6.07) is 6.55. The summed E-state index contributed by atoms with van der Waals surface area (Å²) >= 11 is 17.6. The lowest BCUT2D eigenvalue weighted by Crippen LogP contribution is -2.20. The molecule has 2 aromatic carbocycles. The lowest BCUT2D eigenvalue weighted by atomic mass is 10.1. The number of ether oxygens (including phenoxy) is 2. The number of hydrogen-bond acceptors (Lipinski definition) is 5. The van der Waals surface area contributed by atoms with Crippen molar-refractivity contribution < 1.29 is 29.0 Å². The van der Waals surface area contributed by atoms with E-state index in [0.717, 1.165) is 13.0 Å². The highest BCUT2D eigenvalue weighted by Crippen LogP contribution is 2.33. The number of esters is 1. The fourth-order valence-corrected chi connectivity index (χ4v) is 2.57. The molecule has 10 heteroatoms. The van der Waals surface area contributed by atoms with Crippen LogP contribution in [0.2, 0.25) is 15.1 Å². The summed E-state index contributed by atoms with van der Waals surface area (Å²) in [5, 5.41) is 12.3. The van der Waals surface area contributed by atoms with Crippen molar-refractivity contribution >= 4 is 58.3 Å². The van der Waals surface area contributed by atoms with Crippen LogP contribution in [0.15, 0.2) is 30.3 Å². The maximum atomic E-state index is 12.0. The highest BCUT2D eigenvalue weighted by Gasteiger charge is 2.15. The average molecular weight is 433 g/mol. The minimum absolute atomic E-state index is 0.133. The molecule has 0 unspecified atom stereocenters. The first-order valence-corrected chi connectivity index (χ1v) is 8.43. The van der Waals surface area contributed by atoms with Gasteiger partial charge in [0.05, 0.1) is 15.1 Å². The molecule has 0 radical (unpaired) electrons. The summed E-state index contributed by atoms with van der Waals surface area (Å²) in [5.41, 5.74) is -0.103. The number of hydrogen-bond donors (Lipinski definition) is 2. The highest BCUT2D eigenvalue weighted by molar-refractivity contribution is 6.43. The van der Waals surface area contributed by atoms with Gasteiger partial charge >= 0.3 is 11.9 Å². The number of rotatable bonds is 6. The van der Waals surface area contributed by atoms with Crippen molar-refractivity contribution in [2.45, 2.75) is 6.92 Å². The molecule has 0 heterocycles. The summed E-state index contributed by atoms with van der Waals surface area (Å²) in [5.74, 6) is -2.53. The third-order valence-corrected chi connectivity index (χ3v) is 4.10. The minimum Gasteiger partial charge on any atom is -0.482 e. The molecule has 27 heavy (non-hydrogen) atoms. The number of anilines is 1. The number of amides is 1. The maximum Gasteiger partial charge on any atom is 0.339 e. The Bertz CT molecular complexity index is 916. The number of benzene rings is 2. The van der Waals surface area contributed by atoms with Gasteiger partial charge in [-0.3, -0.25) is 9.59 Å². The van der Waals surface area contributed by atoms with Gasteiger partial charge in [0.15, 0.2) is 6.61 Å².